The standard InChI is InChI=1S/C16H22N2O3/c1-10(2)14-17-12-6-5-11(15(20)21)9-13(12)18(14)16(3,4)7-8-19/h5-6,9-10,19H,7-8H2,1-4H3,(H,20,21). The van der Waals surface area contributed by atoms with Gasteiger partial charge in [-0.2, -0.15) is 0 Å². The quantitative estimate of drug-likeness (QED) is 0.887. The number of rotatable bonds is 5. The monoisotopic (exact) mass is 290 g/mol. The average Bonchev–Trinajstić information content (AvgIpc) is 2.77. The highest BCUT2D eigenvalue weighted by Gasteiger charge is 2.27. The van der Waals surface area contributed by atoms with Crippen molar-refractivity contribution in [2.75, 3.05) is 6.61 Å². The second-order valence-electron chi connectivity index (χ2n) is 6.25. The van der Waals surface area contributed by atoms with E-state index in [0.29, 0.717) is 6.42 Å². The zero-order valence-electron chi connectivity index (χ0n) is 12.9. The summed E-state index contributed by atoms with van der Waals surface area (Å²) in [6, 6.07) is 4.98. The molecule has 2 aromatic rings. The van der Waals surface area contributed by atoms with E-state index in [9.17, 15) is 15.0 Å². The summed E-state index contributed by atoms with van der Waals surface area (Å²) in [5.74, 6) is 0.172. The molecule has 0 unspecified atom stereocenters. The van der Waals surface area contributed by atoms with Crippen molar-refractivity contribution in [1.82, 2.24) is 9.55 Å². The van der Waals surface area contributed by atoms with Crippen molar-refractivity contribution in [2.24, 2.45) is 0 Å². The first-order valence-corrected chi connectivity index (χ1v) is 7.15. The molecule has 1 heterocycles. The maximum atomic E-state index is 11.2. The third kappa shape index (κ3) is 2.78. The highest BCUT2D eigenvalue weighted by molar-refractivity contribution is 5.92. The van der Waals surface area contributed by atoms with Gasteiger partial charge in [-0.15, -0.1) is 0 Å². The molecule has 2 N–H and O–H groups in total. The number of imidazole rings is 1. The summed E-state index contributed by atoms with van der Waals surface area (Å²) >= 11 is 0. The molecular weight excluding hydrogens is 268 g/mol. The summed E-state index contributed by atoms with van der Waals surface area (Å²) in [7, 11) is 0. The van der Waals surface area contributed by atoms with Crippen LogP contribution in [0.5, 0.6) is 0 Å². The summed E-state index contributed by atoms with van der Waals surface area (Å²) in [5.41, 5.74) is 1.51. The lowest BCUT2D eigenvalue weighted by Gasteiger charge is -2.30. The smallest absolute Gasteiger partial charge is 0.335 e. The van der Waals surface area contributed by atoms with Crippen LogP contribution in [0.3, 0.4) is 0 Å². The van der Waals surface area contributed by atoms with Gasteiger partial charge in [0, 0.05) is 18.1 Å². The first kappa shape index (κ1) is 15.5. The van der Waals surface area contributed by atoms with Crippen molar-refractivity contribution < 1.29 is 15.0 Å². The topological polar surface area (TPSA) is 75.3 Å². The SMILES string of the molecule is CC(C)c1nc2ccc(C(=O)O)cc2n1C(C)(C)CCO. The third-order valence-corrected chi connectivity index (χ3v) is 3.77. The zero-order chi connectivity index (χ0) is 15.8. The Labute approximate surface area is 124 Å². The molecule has 0 saturated heterocycles. The van der Waals surface area contributed by atoms with Gasteiger partial charge < -0.3 is 14.8 Å². The Hall–Kier alpha value is -1.88. The highest BCUT2D eigenvalue weighted by atomic mass is 16.4. The Morgan fingerprint density at radius 3 is 2.57 bits per heavy atom. The Balaban J connectivity index is 2.76. The van der Waals surface area contributed by atoms with Gasteiger partial charge in [0.1, 0.15) is 5.82 Å². The van der Waals surface area contributed by atoms with Crippen LogP contribution in [0.1, 0.15) is 56.2 Å². The van der Waals surface area contributed by atoms with Crippen LogP contribution in [0.4, 0.5) is 0 Å². The molecule has 0 radical (unpaired) electrons. The molecule has 5 nitrogen and oxygen atoms in total. The number of aromatic nitrogens is 2. The van der Waals surface area contributed by atoms with Gasteiger partial charge in [-0.1, -0.05) is 13.8 Å². The predicted octanol–water partition coefficient (Wildman–Crippen LogP) is 2.98. The lowest BCUT2D eigenvalue weighted by molar-refractivity contribution is 0.0697. The molecule has 0 aliphatic heterocycles. The van der Waals surface area contributed by atoms with Crippen LogP contribution >= 0.6 is 0 Å². The van der Waals surface area contributed by atoms with Crippen molar-refractivity contribution in [1.29, 1.82) is 0 Å². The molecule has 1 aromatic carbocycles. The minimum Gasteiger partial charge on any atom is -0.478 e. The number of fused-ring (bicyclic) bond motifs is 1. The number of hydrogen-bond acceptors (Lipinski definition) is 3. The number of hydrogen-bond donors (Lipinski definition) is 2. The molecule has 2 rings (SSSR count). The van der Waals surface area contributed by atoms with Crippen molar-refractivity contribution in [3.63, 3.8) is 0 Å². The fourth-order valence-electron chi connectivity index (χ4n) is 2.64. The minimum atomic E-state index is -0.948. The van der Waals surface area contributed by atoms with E-state index in [1.807, 2.05) is 13.8 Å². The molecule has 0 aliphatic carbocycles. The molecule has 0 atom stereocenters. The Morgan fingerprint density at radius 2 is 2.05 bits per heavy atom. The van der Waals surface area contributed by atoms with Gasteiger partial charge in [0.05, 0.1) is 16.6 Å². The van der Waals surface area contributed by atoms with E-state index in [1.54, 1.807) is 18.2 Å². The van der Waals surface area contributed by atoms with Gasteiger partial charge in [-0.3, -0.25) is 0 Å². The van der Waals surface area contributed by atoms with E-state index in [4.69, 9.17) is 0 Å². The summed E-state index contributed by atoms with van der Waals surface area (Å²) < 4.78 is 2.07. The Kier molecular flexibility index (Phi) is 4.05. The van der Waals surface area contributed by atoms with Crippen LogP contribution in [-0.2, 0) is 5.54 Å². The van der Waals surface area contributed by atoms with Gasteiger partial charge in [0.25, 0.3) is 0 Å². The molecule has 0 saturated carbocycles. The van der Waals surface area contributed by atoms with Gasteiger partial charge in [-0.05, 0) is 38.5 Å². The maximum absolute atomic E-state index is 11.2. The van der Waals surface area contributed by atoms with Crippen LogP contribution in [0.25, 0.3) is 11.0 Å². The third-order valence-electron chi connectivity index (χ3n) is 3.77. The molecule has 0 fully saturated rings. The molecule has 1 aromatic heterocycles. The molecule has 5 heteroatoms. The van der Waals surface area contributed by atoms with Gasteiger partial charge in [0.15, 0.2) is 0 Å². The van der Waals surface area contributed by atoms with E-state index in [-0.39, 0.29) is 23.6 Å². The normalized spacial score (nSPS) is 12.3. The second kappa shape index (κ2) is 5.48. The van der Waals surface area contributed by atoms with Crippen molar-refractivity contribution >= 4 is 17.0 Å². The molecule has 0 bridgehead atoms. The van der Waals surface area contributed by atoms with Crippen LogP contribution in [-0.4, -0.2) is 32.3 Å². The van der Waals surface area contributed by atoms with Crippen molar-refractivity contribution in [3.05, 3.63) is 29.6 Å². The predicted molar refractivity (Wildman–Crippen MR) is 81.8 cm³/mol. The van der Waals surface area contributed by atoms with Gasteiger partial charge in [0.2, 0.25) is 0 Å². The molecule has 0 aliphatic rings. The molecular formula is C16H22N2O3. The Bertz CT molecular complexity index is 671. The van der Waals surface area contributed by atoms with E-state index in [1.165, 1.54) is 0 Å². The summed E-state index contributed by atoms with van der Waals surface area (Å²) in [6.07, 6.45) is 0.579. The van der Waals surface area contributed by atoms with Crippen LogP contribution in [0.15, 0.2) is 18.2 Å². The molecule has 21 heavy (non-hydrogen) atoms. The molecule has 0 amide bonds. The number of aliphatic hydroxyl groups is 1. The Morgan fingerprint density at radius 1 is 1.38 bits per heavy atom. The fraction of sp³-hybridized carbons (Fsp3) is 0.500. The van der Waals surface area contributed by atoms with Crippen LogP contribution in [0.2, 0.25) is 0 Å². The number of nitrogens with zero attached hydrogens (tertiary/aromatic N) is 2. The maximum Gasteiger partial charge on any atom is 0.335 e. The van der Waals surface area contributed by atoms with Gasteiger partial charge in [-0.25, -0.2) is 9.78 Å². The van der Waals surface area contributed by atoms with E-state index >= 15 is 0 Å². The lowest BCUT2D eigenvalue weighted by Crippen LogP contribution is -2.29. The number of carboxylic acid groups (broad SMARTS) is 1. The zero-order valence-corrected chi connectivity index (χ0v) is 12.9. The van der Waals surface area contributed by atoms with E-state index in [0.717, 1.165) is 16.9 Å². The number of carbonyl (C=O) groups is 1. The minimum absolute atomic E-state index is 0.0723. The van der Waals surface area contributed by atoms with Gasteiger partial charge >= 0.3 is 5.97 Å². The largest absolute Gasteiger partial charge is 0.478 e. The number of benzene rings is 1. The highest BCUT2D eigenvalue weighted by Crippen LogP contribution is 2.31. The molecule has 114 valence electrons. The first-order valence-electron chi connectivity index (χ1n) is 7.15. The lowest BCUT2D eigenvalue weighted by atomic mass is 9.99. The number of aromatic carboxylic acids is 1. The second-order valence-corrected chi connectivity index (χ2v) is 6.25. The average molecular weight is 290 g/mol. The van der Waals surface area contributed by atoms with Crippen molar-refractivity contribution in [2.45, 2.75) is 45.6 Å². The van der Waals surface area contributed by atoms with E-state index in [2.05, 4.69) is 23.4 Å². The van der Waals surface area contributed by atoms with Crippen LogP contribution < -0.4 is 0 Å². The summed E-state index contributed by atoms with van der Waals surface area (Å²) in [6.45, 7) is 8.26. The summed E-state index contributed by atoms with van der Waals surface area (Å²) in [4.78, 5) is 15.9. The van der Waals surface area contributed by atoms with E-state index < -0.39 is 5.97 Å². The van der Waals surface area contributed by atoms with Crippen LogP contribution in [0, 0.1) is 0 Å². The number of carboxylic acids is 1. The fourth-order valence-corrected chi connectivity index (χ4v) is 2.64. The summed E-state index contributed by atoms with van der Waals surface area (Å²) in [5, 5.41) is 18.5. The number of aliphatic hydroxyl groups excluding tert-OH is 1. The first-order chi connectivity index (χ1) is 9.77. The molecule has 0 spiro atoms. The van der Waals surface area contributed by atoms with Crippen molar-refractivity contribution in [3.8, 4) is 0 Å².